The van der Waals surface area contributed by atoms with Crippen molar-refractivity contribution in [2.24, 2.45) is 5.73 Å². The standard InChI is InChI=1S/C13H15N3O2/c14-7-9-1-3-10(4-2-9)12(13(15)18)16-6-5-11(17)8-16/h1-4,11-12,17H,5-6,8H2,(H2,15,18)/t11-,12?/m0/s1. The van der Waals surface area contributed by atoms with E-state index < -0.39 is 18.1 Å². The van der Waals surface area contributed by atoms with E-state index in [-0.39, 0.29) is 0 Å². The predicted molar refractivity (Wildman–Crippen MR) is 65.3 cm³/mol. The number of benzene rings is 1. The molecule has 1 fully saturated rings. The zero-order chi connectivity index (χ0) is 13.1. The monoisotopic (exact) mass is 245 g/mol. The van der Waals surface area contributed by atoms with Crippen LogP contribution >= 0.6 is 0 Å². The van der Waals surface area contributed by atoms with Crippen LogP contribution in [0.15, 0.2) is 24.3 Å². The molecule has 1 aromatic rings. The highest BCUT2D eigenvalue weighted by atomic mass is 16.3. The quantitative estimate of drug-likeness (QED) is 0.793. The molecule has 1 aliphatic rings. The van der Waals surface area contributed by atoms with E-state index in [1.165, 1.54) is 0 Å². The number of amides is 1. The van der Waals surface area contributed by atoms with Crippen molar-refractivity contribution in [3.8, 4) is 6.07 Å². The largest absolute Gasteiger partial charge is 0.392 e. The first-order valence-electron chi connectivity index (χ1n) is 5.83. The highest BCUT2D eigenvalue weighted by Crippen LogP contribution is 2.25. The highest BCUT2D eigenvalue weighted by Gasteiger charge is 2.31. The molecular weight excluding hydrogens is 230 g/mol. The molecule has 94 valence electrons. The molecule has 0 saturated carbocycles. The van der Waals surface area contributed by atoms with Crippen molar-refractivity contribution < 1.29 is 9.90 Å². The van der Waals surface area contributed by atoms with Gasteiger partial charge in [-0.3, -0.25) is 9.69 Å². The van der Waals surface area contributed by atoms with E-state index in [1.807, 2.05) is 11.0 Å². The molecule has 0 spiro atoms. The van der Waals surface area contributed by atoms with Gasteiger partial charge in [-0.05, 0) is 24.1 Å². The second-order valence-electron chi connectivity index (χ2n) is 4.48. The number of hydrogen-bond donors (Lipinski definition) is 2. The van der Waals surface area contributed by atoms with E-state index in [4.69, 9.17) is 11.0 Å². The second kappa shape index (κ2) is 5.17. The Hall–Kier alpha value is -1.90. The SMILES string of the molecule is N#Cc1ccc(C(C(N)=O)N2CC[C@H](O)C2)cc1. The second-order valence-corrected chi connectivity index (χ2v) is 4.48. The molecule has 3 N–H and O–H groups in total. The molecule has 2 rings (SSSR count). The Morgan fingerprint density at radius 3 is 2.61 bits per heavy atom. The van der Waals surface area contributed by atoms with Crippen molar-refractivity contribution in [1.29, 1.82) is 5.26 Å². The Kier molecular flexibility index (Phi) is 3.60. The van der Waals surface area contributed by atoms with Gasteiger partial charge >= 0.3 is 0 Å². The number of β-amino-alcohol motifs (C(OH)–C–C–N with tert-alkyl or cyclic N) is 1. The van der Waals surface area contributed by atoms with Gasteiger partial charge in [0.15, 0.2) is 0 Å². The van der Waals surface area contributed by atoms with Crippen LogP contribution in [0.2, 0.25) is 0 Å². The maximum Gasteiger partial charge on any atom is 0.239 e. The summed E-state index contributed by atoms with van der Waals surface area (Å²) in [6, 6.07) is 8.30. The molecule has 1 aromatic carbocycles. The van der Waals surface area contributed by atoms with Gasteiger partial charge in [0.25, 0.3) is 0 Å². The third-order valence-corrected chi connectivity index (χ3v) is 3.18. The molecule has 0 bridgehead atoms. The first kappa shape index (κ1) is 12.6. The lowest BCUT2D eigenvalue weighted by Gasteiger charge is -2.25. The summed E-state index contributed by atoms with van der Waals surface area (Å²) in [5.41, 5.74) is 6.74. The van der Waals surface area contributed by atoms with E-state index in [0.29, 0.717) is 25.1 Å². The zero-order valence-corrected chi connectivity index (χ0v) is 9.91. The Labute approximate surface area is 105 Å². The summed E-state index contributed by atoms with van der Waals surface area (Å²) in [7, 11) is 0. The third kappa shape index (κ3) is 2.50. The fraction of sp³-hybridized carbons (Fsp3) is 0.385. The van der Waals surface area contributed by atoms with Crippen molar-refractivity contribution in [2.75, 3.05) is 13.1 Å². The number of aliphatic hydroxyl groups is 1. The molecule has 5 nitrogen and oxygen atoms in total. The topological polar surface area (TPSA) is 90.3 Å². The Morgan fingerprint density at radius 1 is 1.50 bits per heavy atom. The van der Waals surface area contributed by atoms with E-state index in [1.54, 1.807) is 24.3 Å². The van der Waals surface area contributed by atoms with Gasteiger partial charge < -0.3 is 10.8 Å². The number of carbonyl (C=O) groups excluding carboxylic acids is 1. The normalized spacial score (nSPS) is 21.4. The van der Waals surface area contributed by atoms with Gasteiger partial charge in [0.2, 0.25) is 5.91 Å². The summed E-state index contributed by atoms with van der Waals surface area (Å²) in [5, 5.41) is 18.3. The Morgan fingerprint density at radius 2 is 2.17 bits per heavy atom. The summed E-state index contributed by atoms with van der Waals surface area (Å²) in [4.78, 5) is 13.5. The molecule has 1 amide bonds. The van der Waals surface area contributed by atoms with Crippen LogP contribution < -0.4 is 5.73 Å². The summed E-state index contributed by atoms with van der Waals surface area (Å²) < 4.78 is 0. The predicted octanol–water partition coefficient (Wildman–Crippen LogP) is 0.151. The van der Waals surface area contributed by atoms with E-state index in [0.717, 1.165) is 5.56 Å². The average Bonchev–Trinajstić information content (AvgIpc) is 2.76. The summed E-state index contributed by atoms with van der Waals surface area (Å²) in [5.74, 6) is -0.436. The number of nitrogens with zero attached hydrogens (tertiary/aromatic N) is 2. The van der Waals surface area contributed by atoms with Gasteiger partial charge in [0, 0.05) is 13.1 Å². The van der Waals surface area contributed by atoms with Crippen LogP contribution in [-0.4, -0.2) is 35.1 Å². The maximum absolute atomic E-state index is 11.6. The van der Waals surface area contributed by atoms with Crippen molar-refractivity contribution in [3.05, 3.63) is 35.4 Å². The fourth-order valence-electron chi connectivity index (χ4n) is 2.30. The number of nitrogens with two attached hydrogens (primary N) is 1. The number of likely N-dealkylation sites (tertiary alicyclic amines) is 1. The molecule has 18 heavy (non-hydrogen) atoms. The van der Waals surface area contributed by atoms with Crippen LogP contribution in [0.25, 0.3) is 0 Å². The minimum absolute atomic E-state index is 0.398. The molecule has 0 radical (unpaired) electrons. The Bertz CT molecular complexity index is 478. The molecule has 1 heterocycles. The van der Waals surface area contributed by atoms with Gasteiger partial charge in [0.1, 0.15) is 6.04 Å². The van der Waals surface area contributed by atoms with Crippen molar-refractivity contribution in [1.82, 2.24) is 4.90 Å². The van der Waals surface area contributed by atoms with Gasteiger partial charge in [-0.15, -0.1) is 0 Å². The molecular formula is C13H15N3O2. The van der Waals surface area contributed by atoms with E-state index >= 15 is 0 Å². The van der Waals surface area contributed by atoms with E-state index in [2.05, 4.69) is 0 Å². The highest BCUT2D eigenvalue weighted by molar-refractivity contribution is 5.81. The Balaban J connectivity index is 2.24. The number of primary amides is 1. The minimum atomic E-state index is -0.533. The molecule has 5 heteroatoms. The van der Waals surface area contributed by atoms with Crippen LogP contribution in [0.4, 0.5) is 0 Å². The lowest BCUT2D eigenvalue weighted by Crippen LogP contribution is -2.36. The number of hydrogen-bond acceptors (Lipinski definition) is 4. The third-order valence-electron chi connectivity index (χ3n) is 3.18. The number of rotatable bonds is 3. The molecule has 0 aliphatic carbocycles. The van der Waals surface area contributed by atoms with Gasteiger partial charge in [-0.25, -0.2) is 0 Å². The molecule has 1 aliphatic heterocycles. The van der Waals surface area contributed by atoms with E-state index in [9.17, 15) is 9.90 Å². The molecule has 1 saturated heterocycles. The number of aliphatic hydroxyl groups excluding tert-OH is 1. The molecule has 1 unspecified atom stereocenters. The lowest BCUT2D eigenvalue weighted by atomic mass is 10.0. The first-order chi connectivity index (χ1) is 8.61. The number of nitriles is 1. The summed E-state index contributed by atoms with van der Waals surface area (Å²) >= 11 is 0. The average molecular weight is 245 g/mol. The lowest BCUT2D eigenvalue weighted by molar-refractivity contribution is -0.123. The number of carbonyl (C=O) groups is 1. The minimum Gasteiger partial charge on any atom is -0.392 e. The van der Waals surface area contributed by atoms with Crippen molar-refractivity contribution in [3.63, 3.8) is 0 Å². The van der Waals surface area contributed by atoms with Crippen molar-refractivity contribution in [2.45, 2.75) is 18.6 Å². The smallest absolute Gasteiger partial charge is 0.239 e. The fourth-order valence-corrected chi connectivity index (χ4v) is 2.30. The maximum atomic E-state index is 11.6. The van der Waals surface area contributed by atoms with Crippen molar-refractivity contribution >= 4 is 5.91 Å². The molecule has 0 aromatic heterocycles. The van der Waals surface area contributed by atoms with Crippen LogP contribution in [0.5, 0.6) is 0 Å². The van der Waals surface area contributed by atoms with Crippen LogP contribution in [0, 0.1) is 11.3 Å². The van der Waals surface area contributed by atoms with Crippen LogP contribution in [0.3, 0.4) is 0 Å². The summed E-state index contributed by atoms with van der Waals surface area (Å²) in [6.45, 7) is 1.10. The summed E-state index contributed by atoms with van der Waals surface area (Å²) in [6.07, 6.45) is 0.255. The zero-order valence-electron chi connectivity index (χ0n) is 9.91. The first-order valence-corrected chi connectivity index (χ1v) is 5.83. The van der Waals surface area contributed by atoms with Gasteiger partial charge in [-0.2, -0.15) is 5.26 Å². The van der Waals surface area contributed by atoms with Gasteiger partial charge in [-0.1, -0.05) is 12.1 Å². The molecule has 2 atom stereocenters. The van der Waals surface area contributed by atoms with Gasteiger partial charge in [0.05, 0.1) is 17.7 Å². The van der Waals surface area contributed by atoms with Crippen LogP contribution in [-0.2, 0) is 4.79 Å². The van der Waals surface area contributed by atoms with Crippen LogP contribution in [0.1, 0.15) is 23.6 Å².